The molecule has 1 heterocycles. The van der Waals surface area contributed by atoms with Crippen LogP contribution in [-0.4, -0.2) is 53.7 Å². The molecule has 2 N–H and O–H groups in total. The van der Waals surface area contributed by atoms with Gasteiger partial charge in [0.1, 0.15) is 12.6 Å². The predicted molar refractivity (Wildman–Crippen MR) is 119 cm³/mol. The van der Waals surface area contributed by atoms with Crippen LogP contribution in [0, 0.1) is 5.92 Å². The summed E-state index contributed by atoms with van der Waals surface area (Å²) in [6.07, 6.45) is 1.23. The summed E-state index contributed by atoms with van der Waals surface area (Å²) in [5.41, 5.74) is 4.70. The lowest BCUT2D eigenvalue weighted by Gasteiger charge is -2.39. The molecule has 1 fully saturated rings. The standard InChI is InChI=1S/C25H28N2O5/c1-16(23(28)27-14-12-22(27)24(29)30)7-6-13-26-25(31)32-15-21-19-10-4-2-8-17(19)18-9-3-5-11-20(18)21/h2-5,8-11,16,21-22H,6-7,12-15H2,1H3,(H,26,31)(H,29,30). The quantitative estimate of drug-likeness (QED) is 0.616. The van der Waals surface area contributed by atoms with E-state index < -0.39 is 18.1 Å². The van der Waals surface area contributed by atoms with Crippen LogP contribution in [0.25, 0.3) is 11.1 Å². The molecule has 2 amide bonds. The van der Waals surface area contributed by atoms with Crippen molar-refractivity contribution in [3.63, 3.8) is 0 Å². The van der Waals surface area contributed by atoms with Crippen molar-refractivity contribution in [3.8, 4) is 11.1 Å². The maximum absolute atomic E-state index is 12.4. The number of nitrogens with zero attached hydrogens (tertiary/aromatic N) is 1. The number of fused-ring (bicyclic) bond motifs is 3. The molecule has 2 atom stereocenters. The summed E-state index contributed by atoms with van der Waals surface area (Å²) < 4.78 is 5.51. The Morgan fingerprint density at radius 3 is 2.28 bits per heavy atom. The van der Waals surface area contributed by atoms with E-state index in [1.807, 2.05) is 24.3 Å². The van der Waals surface area contributed by atoms with Gasteiger partial charge in [0.15, 0.2) is 0 Å². The van der Waals surface area contributed by atoms with Crippen LogP contribution in [0.3, 0.4) is 0 Å². The molecule has 7 heteroatoms. The molecule has 0 saturated carbocycles. The zero-order valence-corrected chi connectivity index (χ0v) is 18.1. The number of benzene rings is 2. The third-order valence-corrected chi connectivity index (χ3v) is 6.44. The van der Waals surface area contributed by atoms with Crippen molar-refractivity contribution in [2.24, 2.45) is 5.92 Å². The topological polar surface area (TPSA) is 95.9 Å². The van der Waals surface area contributed by atoms with Crippen molar-refractivity contribution < 1.29 is 24.2 Å². The predicted octanol–water partition coefficient (Wildman–Crippen LogP) is 3.63. The molecule has 2 aliphatic rings. The number of nitrogens with one attached hydrogen (secondary N) is 1. The molecule has 2 aromatic carbocycles. The first-order valence-electron chi connectivity index (χ1n) is 11.1. The maximum atomic E-state index is 12.4. The van der Waals surface area contributed by atoms with Gasteiger partial charge in [-0.3, -0.25) is 4.79 Å². The van der Waals surface area contributed by atoms with E-state index in [4.69, 9.17) is 9.84 Å². The molecule has 0 radical (unpaired) electrons. The second-order valence-electron chi connectivity index (χ2n) is 8.47. The smallest absolute Gasteiger partial charge is 0.407 e. The first kappa shape index (κ1) is 21.9. The average Bonchev–Trinajstić information content (AvgIpc) is 3.07. The van der Waals surface area contributed by atoms with Gasteiger partial charge in [-0.05, 0) is 41.5 Å². The van der Waals surface area contributed by atoms with Crippen LogP contribution >= 0.6 is 0 Å². The third-order valence-electron chi connectivity index (χ3n) is 6.44. The Bertz CT molecular complexity index is 975. The zero-order valence-electron chi connectivity index (χ0n) is 18.1. The van der Waals surface area contributed by atoms with Gasteiger partial charge in [0.2, 0.25) is 5.91 Å². The minimum absolute atomic E-state index is 0.0181. The first-order chi connectivity index (χ1) is 15.5. The number of carbonyl (C=O) groups excluding carboxylic acids is 2. The summed E-state index contributed by atoms with van der Waals surface area (Å²) in [6.45, 7) is 2.96. The van der Waals surface area contributed by atoms with Crippen LogP contribution < -0.4 is 5.32 Å². The maximum Gasteiger partial charge on any atom is 0.407 e. The van der Waals surface area contributed by atoms with Crippen LogP contribution in [0.4, 0.5) is 4.79 Å². The molecule has 168 valence electrons. The number of carbonyl (C=O) groups is 3. The Morgan fingerprint density at radius 1 is 1.09 bits per heavy atom. The van der Waals surface area contributed by atoms with Gasteiger partial charge in [-0.25, -0.2) is 9.59 Å². The van der Waals surface area contributed by atoms with E-state index in [0.29, 0.717) is 32.4 Å². The lowest BCUT2D eigenvalue weighted by Crippen LogP contribution is -2.56. The molecule has 0 bridgehead atoms. The number of carboxylic acid groups (broad SMARTS) is 1. The summed E-state index contributed by atoms with van der Waals surface area (Å²) in [4.78, 5) is 37.1. The number of ether oxygens (including phenoxy) is 1. The van der Waals surface area contributed by atoms with Crippen molar-refractivity contribution in [3.05, 3.63) is 59.7 Å². The van der Waals surface area contributed by atoms with E-state index in [2.05, 4.69) is 29.6 Å². The number of carboxylic acids is 1. The van der Waals surface area contributed by atoms with E-state index in [0.717, 1.165) is 0 Å². The monoisotopic (exact) mass is 436 g/mol. The van der Waals surface area contributed by atoms with Gasteiger partial charge in [-0.1, -0.05) is 55.5 Å². The molecule has 1 aliphatic carbocycles. The van der Waals surface area contributed by atoms with Gasteiger partial charge in [0, 0.05) is 24.9 Å². The number of aliphatic carboxylic acids is 1. The zero-order chi connectivity index (χ0) is 22.7. The largest absolute Gasteiger partial charge is 0.480 e. The van der Waals surface area contributed by atoms with Crippen molar-refractivity contribution in [1.82, 2.24) is 10.2 Å². The van der Waals surface area contributed by atoms with E-state index in [-0.39, 0.29) is 24.3 Å². The number of likely N-dealkylation sites (tertiary alicyclic amines) is 1. The van der Waals surface area contributed by atoms with Crippen LogP contribution in [0.1, 0.15) is 43.2 Å². The van der Waals surface area contributed by atoms with Gasteiger partial charge in [0.25, 0.3) is 0 Å². The summed E-state index contributed by atoms with van der Waals surface area (Å²) in [6, 6.07) is 15.7. The fourth-order valence-corrected chi connectivity index (χ4v) is 4.56. The van der Waals surface area contributed by atoms with Crippen LogP contribution in [0.15, 0.2) is 48.5 Å². The molecule has 7 nitrogen and oxygen atoms in total. The molecule has 1 saturated heterocycles. The van der Waals surface area contributed by atoms with E-state index in [9.17, 15) is 14.4 Å². The summed E-state index contributed by atoms with van der Waals surface area (Å²) in [5.74, 6) is -1.34. The molecular weight excluding hydrogens is 408 g/mol. The highest BCUT2D eigenvalue weighted by molar-refractivity contribution is 5.86. The lowest BCUT2D eigenvalue weighted by atomic mass is 9.97. The number of alkyl carbamates (subject to hydrolysis) is 1. The molecule has 0 spiro atoms. The number of amides is 2. The summed E-state index contributed by atoms with van der Waals surface area (Å²) >= 11 is 0. The highest BCUT2D eigenvalue weighted by Crippen LogP contribution is 2.44. The SMILES string of the molecule is CC(CCCNC(=O)OCC1c2ccccc2-c2ccccc21)C(=O)N1CCC1C(=O)O. The van der Waals surface area contributed by atoms with E-state index >= 15 is 0 Å². The Morgan fingerprint density at radius 2 is 1.72 bits per heavy atom. The van der Waals surface area contributed by atoms with E-state index in [1.165, 1.54) is 27.2 Å². The van der Waals surface area contributed by atoms with Crippen LogP contribution in [0.5, 0.6) is 0 Å². The number of rotatable bonds is 8. The summed E-state index contributed by atoms with van der Waals surface area (Å²) in [5, 5.41) is 11.8. The fourth-order valence-electron chi connectivity index (χ4n) is 4.56. The van der Waals surface area contributed by atoms with Crippen molar-refractivity contribution in [1.29, 1.82) is 0 Å². The molecular formula is C25H28N2O5. The fraction of sp³-hybridized carbons (Fsp3) is 0.400. The van der Waals surface area contributed by atoms with Crippen LogP contribution in [0.2, 0.25) is 0 Å². The normalized spacial score (nSPS) is 17.7. The Labute approximate surface area is 187 Å². The van der Waals surface area contributed by atoms with Gasteiger partial charge in [-0.2, -0.15) is 0 Å². The first-order valence-corrected chi connectivity index (χ1v) is 11.1. The number of hydrogen-bond donors (Lipinski definition) is 2. The molecule has 0 aromatic heterocycles. The summed E-state index contributed by atoms with van der Waals surface area (Å²) in [7, 11) is 0. The molecule has 32 heavy (non-hydrogen) atoms. The molecule has 1 aliphatic heterocycles. The Kier molecular flexibility index (Phi) is 6.44. The lowest BCUT2D eigenvalue weighted by molar-refractivity contribution is -0.159. The second-order valence-corrected chi connectivity index (χ2v) is 8.47. The van der Waals surface area contributed by atoms with E-state index in [1.54, 1.807) is 6.92 Å². The average molecular weight is 437 g/mol. The number of hydrogen-bond acceptors (Lipinski definition) is 4. The highest BCUT2D eigenvalue weighted by atomic mass is 16.5. The highest BCUT2D eigenvalue weighted by Gasteiger charge is 2.38. The Balaban J connectivity index is 1.21. The van der Waals surface area contributed by atoms with Gasteiger partial charge in [-0.15, -0.1) is 0 Å². The van der Waals surface area contributed by atoms with Gasteiger partial charge in [0.05, 0.1) is 0 Å². The van der Waals surface area contributed by atoms with Crippen LogP contribution in [-0.2, 0) is 14.3 Å². The minimum atomic E-state index is -0.950. The molecule has 4 rings (SSSR count). The van der Waals surface area contributed by atoms with Crippen molar-refractivity contribution in [2.75, 3.05) is 19.7 Å². The molecule has 2 aromatic rings. The third kappa shape index (κ3) is 4.33. The minimum Gasteiger partial charge on any atom is -0.480 e. The Hall–Kier alpha value is -3.35. The van der Waals surface area contributed by atoms with Crippen molar-refractivity contribution in [2.45, 2.75) is 38.1 Å². The van der Waals surface area contributed by atoms with Crippen molar-refractivity contribution >= 4 is 18.0 Å². The van der Waals surface area contributed by atoms with Gasteiger partial charge >= 0.3 is 12.1 Å². The second kappa shape index (κ2) is 9.42. The van der Waals surface area contributed by atoms with Gasteiger partial charge < -0.3 is 20.1 Å². The molecule has 2 unspecified atom stereocenters.